The normalized spacial score (nSPS) is 30.2. The first-order valence-electron chi connectivity index (χ1n) is 6.00. The highest BCUT2D eigenvalue weighted by molar-refractivity contribution is 5.13. The maximum atomic E-state index is 10.5. The summed E-state index contributed by atoms with van der Waals surface area (Å²) in [5, 5.41) is 13.8. The molecule has 3 nitrogen and oxygen atoms in total. The Labute approximate surface area is 96.9 Å². The first kappa shape index (κ1) is 11.6. The van der Waals surface area contributed by atoms with E-state index in [1.54, 1.807) is 12.4 Å². The molecule has 1 saturated carbocycles. The van der Waals surface area contributed by atoms with Crippen LogP contribution in [0.15, 0.2) is 24.5 Å². The molecule has 88 valence electrons. The van der Waals surface area contributed by atoms with Gasteiger partial charge in [-0.05, 0) is 50.4 Å². The number of nitrogens with zero attached hydrogens (tertiary/aromatic N) is 1. The Kier molecular flexibility index (Phi) is 3.56. The van der Waals surface area contributed by atoms with Gasteiger partial charge in [-0.25, -0.2) is 0 Å². The van der Waals surface area contributed by atoms with Gasteiger partial charge in [0.2, 0.25) is 0 Å². The van der Waals surface area contributed by atoms with Crippen LogP contribution in [0.2, 0.25) is 0 Å². The number of rotatable bonds is 3. The monoisotopic (exact) mass is 220 g/mol. The van der Waals surface area contributed by atoms with Crippen LogP contribution in [0.1, 0.15) is 31.2 Å². The Balaban J connectivity index is 1.95. The van der Waals surface area contributed by atoms with Gasteiger partial charge in [0.15, 0.2) is 0 Å². The van der Waals surface area contributed by atoms with Crippen LogP contribution in [0.3, 0.4) is 0 Å². The number of aromatic nitrogens is 1. The SMILES string of the molecule is CNC1CCC(O)(Cc2ccncc2)CC1. The molecule has 0 bridgehead atoms. The standard InChI is InChI=1S/C13H20N2O/c1-14-12-2-6-13(16,7-3-12)10-11-4-8-15-9-5-11/h4-5,8-9,12,14,16H,2-3,6-7,10H2,1H3. The molecule has 2 N–H and O–H groups in total. The second-order valence-corrected chi connectivity index (χ2v) is 4.82. The zero-order chi connectivity index (χ0) is 11.4. The molecule has 1 aliphatic carbocycles. The summed E-state index contributed by atoms with van der Waals surface area (Å²) >= 11 is 0. The molecule has 16 heavy (non-hydrogen) atoms. The first-order valence-corrected chi connectivity index (χ1v) is 6.00. The van der Waals surface area contributed by atoms with Gasteiger partial charge in [-0.3, -0.25) is 4.98 Å². The van der Waals surface area contributed by atoms with E-state index in [9.17, 15) is 5.11 Å². The molecule has 0 radical (unpaired) electrons. The van der Waals surface area contributed by atoms with E-state index in [-0.39, 0.29) is 0 Å². The van der Waals surface area contributed by atoms with E-state index in [0.717, 1.165) is 32.1 Å². The van der Waals surface area contributed by atoms with Gasteiger partial charge in [-0.1, -0.05) is 0 Å². The van der Waals surface area contributed by atoms with Crippen molar-refractivity contribution in [2.24, 2.45) is 0 Å². The quantitative estimate of drug-likeness (QED) is 0.811. The van der Waals surface area contributed by atoms with E-state index in [1.807, 2.05) is 19.2 Å². The van der Waals surface area contributed by atoms with Crippen LogP contribution in [0.4, 0.5) is 0 Å². The lowest BCUT2D eigenvalue weighted by Gasteiger charge is -2.36. The highest BCUT2D eigenvalue weighted by Crippen LogP contribution is 2.31. The third kappa shape index (κ3) is 2.80. The Hall–Kier alpha value is -0.930. The fraction of sp³-hybridized carbons (Fsp3) is 0.615. The molecular formula is C13H20N2O. The van der Waals surface area contributed by atoms with Crippen molar-refractivity contribution in [2.45, 2.75) is 43.7 Å². The summed E-state index contributed by atoms with van der Waals surface area (Å²) < 4.78 is 0. The van der Waals surface area contributed by atoms with E-state index in [4.69, 9.17) is 0 Å². The molecule has 0 aliphatic heterocycles. The molecule has 1 fully saturated rings. The van der Waals surface area contributed by atoms with Crippen molar-refractivity contribution in [3.05, 3.63) is 30.1 Å². The van der Waals surface area contributed by atoms with Crippen molar-refractivity contribution < 1.29 is 5.11 Å². The summed E-state index contributed by atoms with van der Waals surface area (Å²) in [7, 11) is 2.00. The summed E-state index contributed by atoms with van der Waals surface area (Å²) in [6.45, 7) is 0. The van der Waals surface area contributed by atoms with Gasteiger partial charge in [-0.2, -0.15) is 0 Å². The van der Waals surface area contributed by atoms with Crippen molar-refractivity contribution in [3.8, 4) is 0 Å². The average molecular weight is 220 g/mol. The molecular weight excluding hydrogens is 200 g/mol. The zero-order valence-corrected chi connectivity index (χ0v) is 9.82. The minimum absolute atomic E-state index is 0.505. The summed E-state index contributed by atoms with van der Waals surface area (Å²) in [5.41, 5.74) is 0.676. The van der Waals surface area contributed by atoms with Crippen molar-refractivity contribution >= 4 is 0 Å². The summed E-state index contributed by atoms with van der Waals surface area (Å²) in [4.78, 5) is 3.99. The van der Waals surface area contributed by atoms with Crippen LogP contribution in [0, 0.1) is 0 Å². The van der Waals surface area contributed by atoms with E-state index in [1.165, 1.54) is 5.56 Å². The van der Waals surface area contributed by atoms with Crippen LogP contribution in [-0.2, 0) is 6.42 Å². The molecule has 2 rings (SSSR count). The number of aliphatic hydroxyl groups is 1. The minimum Gasteiger partial charge on any atom is -0.390 e. The molecule has 0 unspecified atom stereocenters. The molecule has 0 spiro atoms. The van der Waals surface area contributed by atoms with Gasteiger partial charge in [-0.15, -0.1) is 0 Å². The Bertz CT molecular complexity index is 318. The Morgan fingerprint density at radius 2 is 2.00 bits per heavy atom. The number of pyridine rings is 1. The van der Waals surface area contributed by atoms with Crippen molar-refractivity contribution in [2.75, 3.05) is 7.05 Å². The lowest BCUT2D eigenvalue weighted by molar-refractivity contribution is -0.00243. The second-order valence-electron chi connectivity index (χ2n) is 4.82. The molecule has 1 aromatic rings. The van der Waals surface area contributed by atoms with Crippen molar-refractivity contribution in [3.63, 3.8) is 0 Å². The topological polar surface area (TPSA) is 45.1 Å². The van der Waals surface area contributed by atoms with Gasteiger partial charge in [0, 0.05) is 24.9 Å². The third-order valence-corrected chi connectivity index (χ3v) is 3.61. The number of hydrogen-bond acceptors (Lipinski definition) is 3. The first-order chi connectivity index (χ1) is 7.72. The maximum absolute atomic E-state index is 10.5. The maximum Gasteiger partial charge on any atom is 0.0689 e. The lowest BCUT2D eigenvalue weighted by atomic mass is 9.78. The summed E-state index contributed by atoms with van der Waals surface area (Å²) in [5.74, 6) is 0. The van der Waals surface area contributed by atoms with Crippen LogP contribution >= 0.6 is 0 Å². The zero-order valence-electron chi connectivity index (χ0n) is 9.82. The van der Waals surface area contributed by atoms with Gasteiger partial charge in [0.05, 0.1) is 5.60 Å². The highest BCUT2D eigenvalue weighted by Gasteiger charge is 2.32. The van der Waals surface area contributed by atoms with Crippen LogP contribution < -0.4 is 5.32 Å². The van der Waals surface area contributed by atoms with Crippen molar-refractivity contribution in [1.82, 2.24) is 10.3 Å². The third-order valence-electron chi connectivity index (χ3n) is 3.61. The van der Waals surface area contributed by atoms with Crippen LogP contribution in [-0.4, -0.2) is 28.8 Å². The average Bonchev–Trinajstić information content (AvgIpc) is 2.31. The van der Waals surface area contributed by atoms with Gasteiger partial charge < -0.3 is 10.4 Å². The molecule has 0 atom stereocenters. The highest BCUT2D eigenvalue weighted by atomic mass is 16.3. The minimum atomic E-state index is -0.505. The van der Waals surface area contributed by atoms with E-state index >= 15 is 0 Å². The van der Waals surface area contributed by atoms with Gasteiger partial charge >= 0.3 is 0 Å². The molecule has 0 aromatic carbocycles. The molecule has 0 saturated heterocycles. The molecule has 1 heterocycles. The fourth-order valence-corrected chi connectivity index (χ4v) is 2.50. The second kappa shape index (κ2) is 4.93. The Morgan fingerprint density at radius 1 is 1.38 bits per heavy atom. The smallest absolute Gasteiger partial charge is 0.0689 e. The van der Waals surface area contributed by atoms with E-state index in [2.05, 4.69) is 10.3 Å². The van der Waals surface area contributed by atoms with Crippen LogP contribution in [0.25, 0.3) is 0 Å². The number of nitrogens with one attached hydrogen (secondary N) is 1. The number of hydrogen-bond donors (Lipinski definition) is 2. The van der Waals surface area contributed by atoms with Gasteiger partial charge in [0.25, 0.3) is 0 Å². The van der Waals surface area contributed by atoms with E-state index in [0.29, 0.717) is 6.04 Å². The molecule has 0 amide bonds. The van der Waals surface area contributed by atoms with E-state index < -0.39 is 5.60 Å². The largest absolute Gasteiger partial charge is 0.390 e. The molecule has 3 heteroatoms. The predicted molar refractivity (Wildman–Crippen MR) is 64.2 cm³/mol. The van der Waals surface area contributed by atoms with Crippen LogP contribution in [0.5, 0.6) is 0 Å². The van der Waals surface area contributed by atoms with Gasteiger partial charge in [0.1, 0.15) is 0 Å². The lowest BCUT2D eigenvalue weighted by Crippen LogP contribution is -2.41. The molecule has 1 aromatic heterocycles. The predicted octanol–water partition coefficient (Wildman–Crippen LogP) is 1.52. The summed E-state index contributed by atoms with van der Waals surface area (Å²) in [6, 6.07) is 4.56. The van der Waals surface area contributed by atoms with Crippen molar-refractivity contribution in [1.29, 1.82) is 0 Å². The fourth-order valence-electron chi connectivity index (χ4n) is 2.50. The Morgan fingerprint density at radius 3 is 2.56 bits per heavy atom. The summed E-state index contributed by atoms with van der Waals surface area (Å²) in [6.07, 6.45) is 8.25. The molecule has 1 aliphatic rings.